The summed E-state index contributed by atoms with van der Waals surface area (Å²) in [6.07, 6.45) is 0. The van der Waals surface area contributed by atoms with Crippen LogP contribution < -0.4 is 10.3 Å². The number of nitrogens with zero attached hydrogens (tertiary/aromatic N) is 4. The van der Waals surface area contributed by atoms with Crippen LogP contribution in [0.5, 0.6) is 0 Å². The van der Waals surface area contributed by atoms with Gasteiger partial charge in [0.15, 0.2) is 9.77 Å². The van der Waals surface area contributed by atoms with E-state index in [2.05, 4.69) is 22.3 Å². The lowest BCUT2D eigenvalue weighted by molar-refractivity contribution is -0.384. The maximum Gasteiger partial charge on any atom is 0.297 e. The monoisotopic (exact) mass is 542 g/mol. The van der Waals surface area contributed by atoms with E-state index < -0.39 is 16.9 Å². The van der Waals surface area contributed by atoms with Crippen LogP contribution in [-0.4, -0.2) is 21.0 Å². The maximum atomic E-state index is 13.7. The predicted octanol–water partition coefficient (Wildman–Crippen LogP) is 5.90. The van der Waals surface area contributed by atoms with Crippen molar-refractivity contribution < 1.29 is 14.1 Å². The van der Waals surface area contributed by atoms with E-state index in [0.29, 0.717) is 31.8 Å². The molecular weight excluding hydrogens is 524 g/mol. The van der Waals surface area contributed by atoms with Crippen molar-refractivity contribution in [2.24, 2.45) is 0 Å². The molecule has 1 unspecified atom stereocenters. The number of nitro benzene ring substituents is 1. The van der Waals surface area contributed by atoms with Gasteiger partial charge in [-0.1, -0.05) is 65.1 Å². The van der Waals surface area contributed by atoms with Crippen molar-refractivity contribution >= 4 is 50.8 Å². The molecule has 0 aliphatic carbocycles. The second-order valence-electron chi connectivity index (χ2n) is 8.72. The minimum Gasteiger partial charge on any atom is -0.450 e. The zero-order valence-corrected chi connectivity index (χ0v) is 21.5. The van der Waals surface area contributed by atoms with Gasteiger partial charge in [0, 0.05) is 17.9 Å². The topological polar surface area (TPSA) is 119 Å². The van der Waals surface area contributed by atoms with Gasteiger partial charge < -0.3 is 4.42 Å². The van der Waals surface area contributed by atoms with Gasteiger partial charge in [0.1, 0.15) is 5.58 Å². The molecule has 38 heavy (non-hydrogen) atoms. The van der Waals surface area contributed by atoms with Gasteiger partial charge >= 0.3 is 0 Å². The number of fused-ring (bicyclic) bond motifs is 2. The Labute approximate surface area is 223 Å². The average molecular weight is 543 g/mol. The second-order valence-corrected chi connectivity index (χ2v) is 10.9. The van der Waals surface area contributed by atoms with E-state index in [-0.39, 0.29) is 22.4 Å². The molecule has 0 saturated carbocycles. The minimum absolute atomic E-state index is 0.0684. The quantitative estimate of drug-likeness (QED) is 0.113. The Morgan fingerprint density at radius 2 is 1.76 bits per heavy atom. The highest BCUT2D eigenvalue weighted by Gasteiger charge is 2.45. The molecule has 188 valence electrons. The number of carbonyl (C=O) groups excluding carboxylic acids is 1. The van der Waals surface area contributed by atoms with Crippen LogP contribution in [0.4, 0.5) is 10.8 Å². The summed E-state index contributed by atoms with van der Waals surface area (Å²) in [5, 5.41) is 20.4. The van der Waals surface area contributed by atoms with Crippen molar-refractivity contribution in [3.05, 3.63) is 121 Å². The van der Waals surface area contributed by atoms with E-state index in [1.54, 1.807) is 36.4 Å². The van der Waals surface area contributed by atoms with Crippen LogP contribution in [0.3, 0.4) is 0 Å². The Morgan fingerprint density at radius 1 is 1.03 bits per heavy atom. The summed E-state index contributed by atoms with van der Waals surface area (Å²) in [6, 6.07) is 19.8. The summed E-state index contributed by atoms with van der Waals surface area (Å²) in [4.78, 5) is 39.4. The summed E-state index contributed by atoms with van der Waals surface area (Å²) >= 11 is 2.74. The fourth-order valence-corrected chi connectivity index (χ4v) is 6.22. The van der Waals surface area contributed by atoms with Crippen molar-refractivity contribution in [2.45, 2.75) is 23.1 Å². The molecule has 1 atom stereocenters. The third kappa shape index (κ3) is 4.15. The van der Waals surface area contributed by atoms with E-state index in [4.69, 9.17) is 4.42 Å². The standard InChI is InChI=1S/C27H18N4O5S2/c1-15-6-8-16(9-7-15)14-37-27-29-28-26(38-27)30-22(17-10-12-18(13-11-17)31(34)35)21-23(32)19-4-2-3-5-20(19)36-24(21)25(30)33/h2-13,22H,14H2,1H3. The average Bonchev–Trinajstić information content (AvgIpc) is 3.51. The number of para-hydroxylation sites is 1. The van der Waals surface area contributed by atoms with Crippen LogP contribution in [-0.2, 0) is 5.75 Å². The molecule has 9 nitrogen and oxygen atoms in total. The van der Waals surface area contributed by atoms with Gasteiger partial charge in [0.25, 0.3) is 11.6 Å². The van der Waals surface area contributed by atoms with Crippen LogP contribution in [0.15, 0.2) is 86.3 Å². The normalized spacial score (nSPS) is 14.7. The van der Waals surface area contributed by atoms with Crippen molar-refractivity contribution in [2.75, 3.05) is 4.90 Å². The van der Waals surface area contributed by atoms with Crippen molar-refractivity contribution in [3.63, 3.8) is 0 Å². The molecule has 0 bridgehead atoms. The summed E-state index contributed by atoms with van der Waals surface area (Å²) < 4.78 is 6.60. The number of thioether (sulfide) groups is 1. The number of nitro groups is 1. The fraction of sp³-hybridized carbons (Fsp3) is 0.111. The number of rotatable bonds is 6. The highest BCUT2D eigenvalue weighted by atomic mass is 32.2. The number of hydrogen-bond donors (Lipinski definition) is 0. The van der Waals surface area contributed by atoms with Crippen LogP contribution >= 0.6 is 23.1 Å². The van der Waals surface area contributed by atoms with Gasteiger partial charge in [-0.3, -0.25) is 24.6 Å². The summed E-state index contributed by atoms with van der Waals surface area (Å²) in [5.41, 5.74) is 2.88. The predicted molar refractivity (Wildman–Crippen MR) is 145 cm³/mol. The van der Waals surface area contributed by atoms with Crippen LogP contribution in [0.25, 0.3) is 11.0 Å². The van der Waals surface area contributed by atoms with Gasteiger partial charge in [-0.15, -0.1) is 10.2 Å². The molecule has 3 aromatic carbocycles. The first-order valence-corrected chi connectivity index (χ1v) is 13.4. The Morgan fingerprint density at radius 3 is 2.50 bits per heavy atom. The zero-order valence-electron chi connectivity index (χ0n) is 19.9. The smallest absolute Gasteiger partial charge is 0.297 e. The number of non-ortho nitro benzene ring substituents is 1. The number of anilines is 1. The van der Waals surface area contributed by atoms with E-state index >= 15 is 0 Å². The van der Waals surface area contributed by atoms with Gasteiger partial charge in [-0.2, -0.15) is 0 Å². The maximum absolute atomic E-state index is 13.7. The first kappa shape index (κ1) is 24.0. The SMILES string of the molecule is Cc1ccc(CSc2nnc(N3C(=O)c4oc5ccccc5c(=O)c4C3c3ccc([N+](=O)[O-])cc3)s2)cc1. The van der Waals surface area contributed by atoms with Crippen LogP contribution in [0.1, 0.15) is 38.9 Å². The van der Waals surface area contributed by atoms with Gasteiger partial charge in [0.2, 0.25) is 10.9 Å². The van der Waals surface area contributed by atoms with E-state index in [9.17, 15) is 19.7 Å². The Balaban J connectivity index is 1.42. The first-order chi connectivity index (χ1) is 18.4. The van der Waals surface area contributed by atoms with Crippen molar-refractivity contribution in [1.82, 2.24) is 10.2 Å². The number of benzene rings is 3. The van der Waals surface area contributed by atoms with Crippen LogP contribution in [0.2, 0.25) is 0 Å². The molecular formula is C27H18N4O5S2. The Kier molecular flexibility index (Phi) is 6.01. The lowest BCUT2D eigenvalue weighted by Gasteiger charge is -2.21. The molecule has 0 spiro atoms. The molecule has 2 aromatic heterocycles. The third-order valence-corrected chi connectivity index (χ3v) is 8.41. The lowest BCUT2D eigenvalue weighted by atomic mass is 9.98. The Hall–Kier alpha value is -4.35. The van der Waals surface area contributed by atoms with E-state index in [1.807, 2.05) is 19.1 Å². The molecule has 3 heterocycles. The number of aromatic nitrogens is 2. The number of aryl methyl sites for hydroxylation is 1. The molecule has 11 heteroatoms. The van der Waals surface area contributed by atoms with Gasteiger partial charge in [-0.25, -0.2) is 0 Å². The molecule has 0 N–H and O–H groups in total. The molecule has 1 aliphatic heterocycles. The molecule has 0 saturated heterocycles. The molecule has 5 aromatic rings. The first-order valence-electron chi connectivity index (χ1n) is 11.6. The Bertz CT molecular complexity index is 1760. The number of hydrogen-bond acceptors (Lipinski definition) is 9. The molecule has 0 fully saturated rings. The molecule has 1 amide bonds. The lowest BCUT2D eigenvalue weighted by Crippen LogP contribution is -2.29. The van der Waals surface area contributed by atoms with E-state index in [0.717, 1.165) is 5.56 Å². The zero-order chi connectivity index (χ0) is 26.4. The summed E-state index contributed by atoms with van der Waals surface area (Å²) in [5.74, 6) is 0.0962. The van der Waals surface area contributed by atoms with Crippen molar-refractivity contribution in [1.29, 1.82) is 0 Å². The number of carbonyl (C=O) groups is 1. The third-order valence-electron chi connectivity index (χ3n) is 6.28. The minimum atomic E-state index is -0.873. The molecule has 0 radical (unpaired) electrons. The summed E-state index contributed by atoms with van der Waals surface area (Å²) in [6.45, 7) is 2.03. The highest BCUT2D eigenvalue weighted by molar-refractivity contribution is 8.00. The van der Waals surface area contributed by atoms with Gasteiger partial charge in [-0.05, 0) is 42.3 Å². The van der Waals surface area contributed by atoms with Gasteiger partial charge in [0.05, 0.1) is 21.9 Å². The summed E-state index contributed by atoms with van der Waals surface area (Å²) in [7, 11) is 0. The number of amides is 1. The molecule has 6 rings (SSSR count). The highest BCUT2D eigenvalue weighted by Crippen LogP contribution is 2.43. The largest absolute Gasteiger partial charge is 0.450 e. The fourth-order valence-electron chi connectivity index (χ4n) is 4.40. The molecule has 1 aliphatic rings. The van der Waals surface area contributed by atoms with Crippen molar-refractivity contribution in [3.8, 4) is 0 Å². The van der Waals surface area contributed by atoms with Crippen LogP contribution in [0, 0.1) is 17.0 Å². The van der Waals surface area contributed by atoms with E-state index in [1.165, 1.54) is 45.7 Å². The second kappa shape index (κ2) is 9.51.